The van der Waals surface area contributed by atoms with Crippen molar-refractivity contribution in [3.8, 4) is 11.8 Å². The first-order chi connectivity index (χ1) is 13.6. The third kappa shape index (κ3) is 4.19. The van der Waals surface area contributed by atoms with Gasteiger partial charge in [0, 0.05) is 22.9 Å². The molecule has 28 heavy (non-hydrogen) atoms. The van der Waals surface area contributed by atoms with E-state index in [-0.39, 0.29) is 11.9 Å². The van der Waals surface area contributed by atoms with E-state index in [2.05, 4.69) is 39.7 Å². The fourth-order valence-electron chi connectivity index (χ4n) is 3.35. The number of hydrogen-bond acceptors (Lipinski definition) is 3. The summed E-state index contributed by atoms with van der Waals surface area (Å²) in [4.78, 5) is 17.2. The standard InChI is InChI=1S/C22H24N3O2P/c1-15-5-7-19(10-18(15)8-6-17-4-3-9-28-14-17)22(26)24-20-11-25-16(2)12-27-13-21(25)23-20/h4-5,7,10-11,16,28H,3,9,12-14H2,1-2H3,(H,24,26). The average Bonchev–Trinajstić information content (AvgIpc) is 3.12. The quantitative estimate of drug-likeness (QED) is 0.622. The number of aryl methyl sites for hydroxylation is 1. The van der Waals surface area contributed by atoms with Crippen LogP contribution in [0.25, 0.3) is 0 Å². The summed E-state index contributed by atoms with van der Waals surface area (Å²) in [7, 11) is 0.975. The Balaban J connectivity index is 1.52. The van der Waals surface area contributed by atoms with Crippen LogP contribution in [0.2, 0.25) is 0 Å². The first-order valence-corrected chi connectivity index (χ1v) is 11.0. The number of imidazole rings is 1. The highest BCUT2D eigenvalue weighted by Crippen LogP contribution is 2.23. The maximum atomic E-state index is 12.7. The number of benzene rings is 1. The van der Waals surface area contributed by atoms with Gasteiger partial charge in [0.1, 0.15) is 12.4 Å². The summed E-state index contributed by atoms with van der Waals surface area (Å²) in [6.45, 7) is 5.23. The van der Waals surface area contributed by atoms with Gasteiger partial charge in [0.25, 0.3) is 5.91 Å². The molecule has 0 radical (unpaired) electrons. The van der Waals surface area contributed by atoms with Gasteiger partial charge in [-0.3, -0.25) is 4.79 Å². The summed E-state index contributed by atoms with van der Waals surface area (Å²) >= 11 is 0. The second kappa shape index (κ2) is 8.31. The number of aromatic nitrogens is 2. The van der Waals surface area contributed by atoms with Crippen molar-refractivity contribution in [1.82, 2.24) is 9.55 Å². The van der Waals surface area contributed by atoms with Gasteiger partial charge < -0.3 is 14.6 Å². The number of carbonyl (C=O) groups excluding carboxylic acids is 1. The van der Waals surface area contributed by atoms with Gasteiger partial charge >= 0.3 is 0 Å². The van der Waals surface area contributed by atoms with Crippen molar-refractivity contribution in [2.24, 2.45) is 0 Å². The van der Waals surface area contributed by atoms with E-state index in [0.29, 0.717) is 24.6 Å². The van der Waals surface area contributed by atoms with Crippen molar-refractivity contribution in [1.29, 1.82) is 0 Å². The molecular weight excluding hydrogens is 369 g/mol. The van der Waals surface area contributed by atoms with E-state index in [4.69, 9.17) is 4.74 Å². The number of amides is 1. The molecular formula is C22H24N3O2P. The Bertz CT molecular complexity index is 997. The number of nitrogens with one attached hydrogen (secondary N) is 1. The Morgan fingerprint density at radius 2 is 2.29 bits per heavy atom. The Morgan fingerprint density at radius 3 is 3.07 bits per heavy atom. The zero-order valence-electron chi connectivity index (χ0n) is 16.2. The molecule has 1 aromatic carbocycles. The van der Waals surface area contributed by atoms with Crippen LogP contribution in [0.3, 0.4) is 0 Å². The lowest BCUT2D eigenvalue weighted by Crippen LogP contribution is -2.20. The summed E-state index contributed by atoms with van der Waals surface area (Å²) in [5.74, 6) is 7.76. The molecule has 1 amide bonds. The molecule has 3 heterocycles. The van der Waals surface area contributed by atoms with Gasteiger partial charge in [0.05, 0.1) is 12.6 Å². The van der Waals surface area contributed by atoms with Crippen molar-refractivity contribution in [3.05, 3.63) is 58.6 Å². The molecule has 0 saturated carbocycles. The summed E-state index contributed by atoms with van der Waals surface area (Å²) in [6, 6.07) is 5.87. The topological polar surface area (TPSA) is 56.2 Å². The fourth-order valence-corrected chi connectivity index (χ4v) is 4.38. The van der Waals surface area contributed by atoms with Crippen molar-refractivity contribution >= 4 is 20.3 Å². The van der Waals surface area contributed by atoms with E-state index in [1.165, 1.54) is 11.7 Å². The van der Waals surface area contributed by atoms with Gasteiger partial charge in [-0.05, 0) is 50.3 Å². The van der Waals surface area contributed by atoms with E-state index in [0.717, 1.165) is 38.1 Å². The summed E-state index contributed by atoms with van der Waals surface area (Å²) in [5.41, 5.74) is 3.78. The molecule has 5 nitrogen and oxygen atoms in total. The first kappa shape index (κ1) is 18.9. The minimum Gasteiger partial charge on any atom is -0.371 e. The third-order valence-electron chi connectivity index (χ3n) is 5.00. The van der Waals surface area contributed by atoms with Gasteiger partial charge in [-0.15, -0.1) is 8.58 Å². The molecule has 2 aliphatic heterocycles. The van der Waals surface area contributed by atoms with Crippen LogP contribution >= 0.6 is 8.58 Å². The number of rotatable bonds is 2. The number of fused-ring (bicyclic) bond motifs is 1. The lowest BCUT2D eigenvalue weighted by atomic mass is 10.0. The monoisotopic (exact) mass is 393 g/mol. The predicted molar refractivity (Wildman–Crippen MR) is 113 cm³/mol. The van der Waals surface area contributed by atoms with Crippen LogP contribution in [0.1, 0.15) is 46.7 Å². The Morgan fingerprint density at radius 1 is 1.39 bits per heavy atom. The molecule has 0 bridgehead atoms. The molecule has 0 aliphatic carbocycles. The maximum Gasteiger partial charge on any atom is 0.256 e. The van der Waals surface area contributed by atoms with Crippen LogP contribution in [0, 0.1) is 18.8 Å². The number of anilines is 1. The molecule has 2 aromatic rings. The average molecular weight is 393 g/mol. The summed E-state index contributed by atoms with van der Waals surface area (Å²) in [5, 5.41) is 2.90. The van der Waals surface area contributed by atoms with Crippen LogP contribution in [-0.4, -0.2) is 34.4 Å². The first-order valence-electron chi connectivity index (χ1n) is 9.59. The van der Waals surface area contributed by atoms with Crippen LogP contribution in [0.4, 0.5) is 5.82 Å². The zero-order chi connectivity index (χ0) is 19.5. The fraction of sp³-hybridized carbons (Fsp3) is 0.364. The maximum absolute atomic E-state index is 12.7. The normalized spacial score (nSPS) is 19.4. The lowest BCUT2D eigenvalue weighted by molar-refractivity contribution is 0.0603. The third-order valence-corrected chi connectivity index (χ3v) is 6.27. The van der Waals surface area contributed by atoms with E-state index in [1.807, 2.05) is 31.3 Å². The second-order valence-electron chi connectivity index (χ2n) is 7.24. The number of nitrogens with zero attached hydrogens (tertiary/aromatic N) is 2. The van der Waals surface area contributed by atoms with Crippen molar-refractivity contribution in [3.63, 3.8) is 0 Å². The van der Waals surface area contributed by atoms with Crippen LogP contribution < -0.4 is 5.32 Å². The smallest absolute Gasteiger partial charge is 0.256 e. The van der Waals surface area contributed by atoms with E-state index >= 15 is 0 Å². The molecule has 144 valence electrons. The van der Waals surface area contributed by atoms with Gasteiger partial charge in [-0.25, -0.2) is 4.98 Å². The molecule has 0 spiro atoms. The highest BCUT2D eigenvalue weighted by Gasteiger charge is 2.19. The molecule has 2 atom stereocenters. The van der Waals surface area contributed by atoms with Crippen LogP contribution in [0.5, 0.6) is 0 Å². The Labute approximate surface area is 167 Å². The van der Waals surface area contributed by atoms with Gasteiger partial charge in [-0.2, -0.15) is 0 Å². The van der Waals surface area contributed by atoms with Crippen molar-refractivity contribution in [2.75, 3.05) is 24.2 Å². The minimum absolute atomic E-state index is 0.176. The van der Waals surface area contributed by atoms with Crippen LogP contribution in [-0.2, 0) is 11.3 Å². The molecule has 2 aliphatic rings. The van der Waals surface area contributed by atoms with Crippen molar-refractivity contribution in [2.45, 2.75) is 32.9 Å². The Kier molecular flexibility index (Phi) is 5.62. The number of ether oxygens (including phenoxy) is 1. The largest absolute Gasteiger partial charge is 0.371 e. The second-order valence-corrected chi connectivity index (χ2v) is 8.60. The van der Waals surface area contributed by atoms with Gasteiger partial charge in [-0.1, -0.05) is 24.0 Å². The molecule has 4 rings (SSSR count). The molecule has 1 N–H and O–H groups in total. The summed E-state index contributed by atoms with van der Waals surface area (Å²) < 4.78 is 7.56. The van der Waals surface area contributed by atoms with Crippen LogP contribution in [0.15, 0.2) is 36.0 Å². The lowest BCUT2D eigenvalue weighted by Gasteiger charge is -2.21. The zero-order valence-corrected chi connectivity index (χ0v) is 17.2. The highest BCUT2D eigenvalue weighted by molar-refractivity contribution is 7.38. The molecule has 0 saturated heterocycles. The van der Waals surface area contributed by atoms with E-state index in [9.17, 15) is 4.79 Å². The Hall–Kier alpha value is -2.41. The van der Waals surface area contributed by atoms with Gasteiger partial charge in [0.15, 0.2) is 5.82 Å². The predicted octanol–water partition coefficient (Wildman–Crippen LogP) is 3.90. The number of allylic oxidation sites excluding steroid dienone is 2. The number of carbonyl (C=O) groups is 1. The van der Waals surface area contributed by atoms with Crippen molar-refractivity contribution < 1.29 is 9.53 Å². The van der Waals surface area contributed by atoms with Gasteiger partial charge in [0.2, 0.25) is 0 Å². The minimum atomic E-state index is -0.176. The SMILES string of the molecule is Cc1ccc(C(=O)Nc2cn3c(n2)COCC3C)cc1C#CC1=CCCPC1. The molecule has 6 heteroatoms. The molecule has 0 fully saturated rings. The van der Waals surface area contributed by atoms with E-state index < -0.39 is 0 Å². The molecule has 2 unspecified atom stereocenters. The number of hydrogen-bond donors (Lipinski definition) is 1. The summed E-state index contributed by atoms with van der Waals surface area (Å²) in [6.07, 6.45) is 7.61. The van der Waals surface area contributed by atoms with E-state index in [1.54, 1.807) is 0 Å². The highest BCUT2D eigenvalue weighted by atomic mass is 31.1. The molecule has 1 aromatic heterocycles.